The summed E-state index contributed by atoms with van der Waals surface area (Å²) < 4.78 is 0. The van der Waals surface area contributed by atoms with Gasteiger partial charge in [0.05, 0.1) is 0 Å². The van der Waals surface area contributed by atoms with Crippen molar-refractivity contribution in [3.8, 4) is 0 Å². The van der Waals surface area contributed by atoms with Crippen molar-refractivity contribution in [2.24, 2.45) is 0 Å². The lowest BCUT2D eigenvalue weighted by Crippen LogP contribution is -2.47. The molecule has 0 amide bonds. The second-order valence-corrected chi connectivity index (χ2v) is 3.19. The van der Waals surface area contributed by atoms with Crippen LogP contribution in [0, 0.1) is 0 Å². The van der Waals surface area contributed by atoms with E-state index >= 15 is 0 Å². The van der Waals surface area contributed by atoms with Crippen LogP contribution in [0.2, 0.25) is 0 Å². The molecule has 0 aromatic rings. The molecule has 1 saturated carbocycles. The van der Waals surface area contributed by atoms with E-state index in [2.05, 4.69) is 19.6 Å². The summed E-state index contributed by atoms with van der Waals surface area (Å²) in [4.78, 5) is 15.9. The van der Waals surface area contributed by atoms with E-state index in [1.54, 1.807) is 0 Å². The molecule has 84 valence electrons. The first kappa shape index (κ1) is 11.8. The molecule has 1 aliphatic carbocycles. The van der Waals surface area contributed by atoms with Crippen molar-refractivity contribution < 1.29 is 40.6 Å². The lowest BCUT2D eigenvalue weighted by atomic mass is 9.89. The van der Waals surface area contributed by atoms with Gasteiger partial charge in [-0.05, 0) is 0 Å². The molecule has 0 bridgehead atoms. The Bertz CT molecular complexity index is 143. The Kier molecular flexibility index (Phi) is 3.75. The normalized spacial score (nSPS) is 24.9. The fourth-order valence-electron chi connectivity index (χ4n) is 1.41. The maximum absolute atomic E-state index is 8.47. The number of hydrogen-bond acceptors (Lipinski definition) is 8. The van der Waals surface area contributed by atoms with Crippen LogP contribution >= 0.6 is 0 Å². The van der Waals surface area contributed by atoms with Crippen molar-refractivity contribution in [3.63, 3.8) is 0 Å². The van der Waals surface area contributed by atoms with Gasteiger partial charge in [-0.3, -0.25) is 0 Å². The van der Waals surface area contributed by atoms with Gasteiger partial charge in [0, 0.05) is 25.7 Å². The lowest BCUT2D eigenvalue weighted by molar-refractivity contribution is -0.530. The van der Waals surface area contributed by atoms with E-state index in [-0.39, 0.29) is 25.7 Å². The fraction of sp³-hybridized carbons (Fsp3) is 1.00. The topological polar surface area (TPSA) is 118 Å². The molecule has 8 heteroatoms. The smallest absolute Gasteiger partial charge is 0.233 e. The third-order valence-corrected chi connectivity index (χ3v) is 2.44. The van der Waals surface area contributed by atoms with Crippen molar-refractivity contribution in [2.75, 3.05) is 0 Å². The average molecular weight is 212 g/mol. The molecule has 4 N–H and O–H groups in total. The van der Waals surface area contributed by atoms with Gasteiger partial charge in [0.2, 0.25) is 11.6 Å². The molecule has 0 aromatic carbocycles. The van der Waals surface area contributed by atoms with Gasteiger partial charge in [-0.25, -0.2) is 40.6 Å². The van der Waals surface area contributed by atoms with Crippen LogP contribution in [-0.2, 0) is 19.6 Å². The highest BCUT2D eigenvalue weighted by molar-refractivity contribution is 4.83. The SMILES string of the molecule is OOC1(OO)CCC(OO)(OO)CC1. The minimum atomic E-state index is -1.55. The van der Waals surface area contributed by atoms with E-state index in [9.17, 15) is 0 Å². The zero-order valence-electron chi connectivity index (χ0n) is 7.25. The maximum Gasteiger partial charge on any atom is 0.233 e. The summed E-state index contributed by atoms with van der Waals surface area (Å²) >= 11 is 0. The van der Waals surface area contributed by atoms with Crippen LogP contribution in [0.3, 0.4) is 0 Å². The van der Waals surface area contributed by atoms with Crippen molar-refractivity contribution >= 4 is 0 Å². The van der Waals surface area contributed by atoms with Gasteiger partial charge in [-0.1, -0.05) is 0 Å². The Labute approximate surface area is 78.9 Å². The van der Waals surface area contributed by atoms with Gasteiger partial charge < -0.3 is 0 Å². The predicted molar refractivity (Wildman–Crippen MR) is 38.8 cm³/mol. The van der Waals surface area contributed by atoms with Crippen molar-refractivity contribution in [3.05, 3.63) is 0 Å². The molecule has 0 heterocycles. The Morgan fingerprint density at radius 1 is 0.571 bits per heavy atom. The average Bonchev–Trinajstić information content (AvgIpc) is 2.29. The van der Waals surface area contributed by atoms with Crippen molar-refractivity contribution in [1.29, 1.82) is 0 Å². The van der Waals surface area contributed by atoms with E-state index in [0.717, 1.165) is 0 Å². The molecule has 0 atom stereocenters. The lowest BCUT2D eigenvalue weighted by Gasteiger charge is -2.38. The fourth-order valence-corrected chi connectivity index (χ4v) is 1.41. The van der Waals surface area contributed by atoms with Crippen LogP contribution in [0.4, 0.5) is 0 Å². The molecule has 1 rings (SSSR count). The summed E-state index contributed by atoms with van der Waals surface area (Å²) in [6.45, 7) is 0. The Morgan fingerprint density at radius 3 is 0.929 bits per heavy atom. The Hall–Kier alpha value is -0.320. The minimum Gasteiger partial charge on any atom is -0.249 e. The first-order valence-electron chi connectivity index (χ1n) is 3.96. The van der Waals surface area contributed by atoms with E-state index in [0.29, 0.717) is 0 Å². The third-order valence-electron chi connectivity index (χ3n) is 2.44. The summed E-state index contributed by atoms with van der Waals surface area (Å²) in [6, 6.07) is 0. The van der Waals surface area contributed by atoms with Crippen LogP contribution < -0.4 is 0 Å². The van der Waals surface area contributed by atoms with E-state index < -0.39 is 11.6 Å². The van der Waals surface area contributed by atoms with Crippen molar-refractivity contribution in [2.45, 2.75) is 37.3 Å². The summed E-state index contributed by atoms with van der Waals surface area (Å²) in [5, 5.41) is 33.9. The predicted octanol–water partition coefficient (Wildman–Crippen LogP) is 0.911. The van der Waals surface area contributed by atoms with Crippen LogP contribution in [0.15, 0.2) is 0 Å². The molecule has 0 aromatic heterocycles. The molecule has 0 spiro atoms. The molecule has 0 aliphatic heterocycles. The second-order valence-electron chi connectivity index (χ2n) is 3.19. The van der Waals surface area contributed by atoms with Crippen LogP contribution in [0.1, 0.15) is 25.7 Å². The standard InChI is InChI=1S/C6H12O8/c7-11-5(12-8)1-2-6(13-9,14-10)4-3-5/h7-10H,1-4H2. The molecule has 0 radical (unpaired) electrons. The number of rotatable bonds is 4. The highest BCUT2D eigenvalue weighted by Gasteiger charge is 2.48. The van der Waals surface area contributed by atoms with Crippen molar-refractivity contribution in [1.82, 2.24) is 0 Å². The summed E-state index contributed by atoms with van der Waals surface area (Å²) in [5.41, 5.74) is 0. The Balaban J connectivity index is 2.59. The highest BCUT2D eigenvalue weighted by atomic mass is 17.2. The first-order chi connectivity index (χ1) is 6.66. The maximum atomic E-state index is 8.47. The minimum absolute atomic E-state index is 0.0267. The monoisotopic (exact) mass is 212 g/mol. The molecule has 1 aliphatic rings. The first-order valence-corrected chi connectivity index (χ1v) is 3.96. The Morgan fingerprint density at radius 2 is 0.786 bits per heavy atom. The van der Waals surface area contributed by atoms with Crippen LogP contribution in [-0.4, -0.2) is 32.6 Å². The molecule has 0 unspecified atom stereocenters. The number of hydrogen-bond donors (Lipinski definition) is 4. The zero-order valence-corrected chi connectivity index (χ0v) is 7.25. The van der Waals surface area contributed by atoms with E-state index in [4.69, 9.17) is 21.0 Å². The molecule has 1 fully saturated rings. The molecule has 0 saturated heterocycles. The van der Waals surface area contributed by atoms with Gasteiger partial charge in [0.1, 0.15) is 0 Å². The largest absolute Gasteiger partial charge is 0.249 e. The van der Waals surface area contributed by atoms with Gasteiger partial charge in [0.15, 0.2) is 0 Å². The van der Waals surface area contributed by atoms with Gasteiger partial charge in [0.25, 0.3) is 0 Å². The van der Waals surface area contributed by atoms with Gasteiger partial charge in [-0.15, -0.1) is 0 Å². The van der Waals surface area contributed by atoms with Gasteiger partial charge >= 0.3 is 0 Å². The van der Waals surface area contributed by atoms with E-state index in [1.165, 1.54) is 0 Å². The van der Waals surface area contributed by atoms with E-state index in [1.807, 2.05) is 0 Å². The molecular weight excluding hydrogens is 200 g/mol. The quantitative estimate of drug-likeness (QED) is 0.308. The summed E-state index contributed by atoms with van der Waals surface area (Å²) in [6.07, 6.45) is -0.107. The highest BCUT2D eigenvalue weighted by Crippen LogP contribution is 2.39. The summed E-state index contributed by atoms with van der Waals surface area (Å²) in [5.74, 6) is -3.11. The second kappa shape index (κ2) is 4.47. The van der Waals surface area contributed by atoms with Crippen LogP contribution in [0.5, 0.6) is 0 Å². The third kappa shape index (κ3) is 2.02. The van der Waals surface area contributed by atoms with Gasteiger partial charge in [-0.2, -0.15) is 0 Å². The molecule has 8 nitrogen and oxygen atoms in total. The van der Waals surface area contributed by atoms with Crippen LogP contribution in [0.25, 0.3) is 0 Å². The zero-order chi connectivity index (χ0) is 10.7. The molecule has 14 heavy (non-hydrogen) atoms. The summed E-state index contributed by atoms with van der Waals surface area (Å²) in [7, 11) is 0. The molecular formula is C6H12O8.